The summed E-state index contributed by atoms with van der Waals surface area (Å²) >= 11 is 0. The highest BCUT2D eigenvalue weighted by atomic mass is 32.2. The predicted molar refractivity (Wildman–Crippen MR) is 96.2 cm³/mol. The lowest BCUT2D eigenvalue weighted by Crippen LogP contribution is -2.17. The summed E-state index contributed by atoms with van der Waals surface area (Å²) in [6, 6.07) is 11.9. The van der Waals surface area contributed by atoms with Crippen molar-refractivity contribution in [3.63, 3.8) is 0 Å². The number of sulfonamides is 1. The molecule has 0 saturated heterocycles. The Hall–Kier alpha value is -2.41. The minimum atomic E-state index is -3.42. The number of rotatable bonds is 8. The maximum Gasteiger partial charge on any atom is 0.232 e. The fourth-order valence-corrected chi connectivity index (χ4v) is 3.30. The van der Waals surface area contributed by atoms with Gasteiger partial charge in [-0.1, -0.05) is 13.3 Å². The van der Waals surface area contributed by atoms with Crippen LogP contribution in [-0.2, 0) is 10.0 Å². The monoisotopic (exact) mass is 350 g/mol. The lowest BCUT2D eigenvalue weighted by atomic mass is 10.2. The van der Waals surface area contributed by atoms with Gasteiger partial charge in [-0.2, -0.15) is 0 Å². The van der Waals surface area contributed by atoms with E-state index in [4.69, 9.17) is 15.2 Å². The zero-order valence-electron chi connectivity index (χ0n) is 13.8. The van der Waals surface area contributed by atoms with Crippen molar-refractivity contribution in [1.29, 1.82) is 0 Å². The standard InChI is InChI=1S/C17H22N2O4S/c1-3-4-11-24(20,21)19-17-12-15(9-10-16(17)18)23-14-7-5-13(22-2)6-8-14/h5-10,12,19H,3-4,11,18H2,1-2H3. The molecule has 0 aliphatic heterocycles. The molecule has 0 atom stereocenters. The summed E-state index contributed by atoms with van der Waals surface area (Å²) in [5.41, 5.74) is 6.52. The summed E-state index contributed by atoms with van der Waals surface area (Å²) in [6.07, 6.45) is 1.40. The lowest BCUT2D eigenvalue weighted by molar-refractivity contribution is 0.413. The average molecular weight is 350 g/mol. The average Bonchev–Trinajstić information content (AvgIpc) is 2.56. The first kappa shape index (κ1) is 17.9. The SMILES string of the molecule is CCCCS(=O)(=O)Nc1cc(Oc2ccc(OC)cc2)ccc1N. The van der Waals surface area contributed by atoms with Crippen LogP contribution in [0, 0.1) is 0 Å². The zero-order chi connectivity index (χ0) is 17.6. The van der Waals surface area contributed by atoms with E-state index in [1.165, 1.54) is 0 Å². The fraction of sp³-hybridized carbons (Fsp3) is 0.294. The molecule has 0 aromatic heterocycles. The Labute approximate surface area is 142 Å². The van der Waals surface area contributed by atoms with Crippen molar-refractivity contribution in [2.24, 2.45) is 0 Å². The number of nitrogen functional groups attached to an aromatic ring is 1. The summed E-state index contributed by atoms with van der Waals surface area (Å²) in [7, 11) is -1.83. The van der Waals surface area contributed by atoms with Crippen LogP contribution < -0.4 is 19.9 Å². The van der Waals surface area contributed by atoms with Gasteiger partial charge in [0.05, 0.1) is 24.2 Å². The van der Waals surface area contributed by atoms with Gasteiger partial charge in [0.1, 0.15) is 17.2 Å². The minimum absolute atomic E-state index is 0.0620. The molecule has 130 valence electrons. The van der Waals surface area contributed by atoms with Crippen molar-refractivity contribution >= 4 is 21.4 Å². The number of ether oxygens (including phenoxy) is 2. The molecule has 0 heterocycles. The van der Waals surface area contributed by atoms with E-state index in [2.05, 4.69) is 4.72 Å². The van der Waals surface area contributed by atoms with Crippen LogP contribution in [0.4, 0.5) is 11.4 Å². The van der Waals surface area contributed by atoms with Crippen LogP contribution in [0.3, 0.4) is 0 Å². The summed E-state index contributed by atoms with van der Waals surface area (Å²) in [6.45, 7) is 1.94. The summed E-state index contributed by atoms with van der Waals surface area (Å²) in [5, 5.41) is 0. The molecule has 0 bridgehead atoms. The van der Waals surface area contributed by atoms with Crippen molar-refractivity contribution in [3.8, 4) is 17.2 Å². The van der Waals surface area contributed by atoms with Gasteiger partial charge >= 0.3 is 0 Å². The Morgan fingerprint density at radius 2 is 1.67 bits per heavy atom. The van der Waals surface area contributed by atoms with Gasteiger partial charge in [0.25, 0.3) is 0 Å². The highest BCUT2D eigenvalue weighted by Crippen LogP contribution is 2.29. The van der Waals surface area contributed by atoms with Crippen molar-refractivity contribution in [2.75, 3.05) is 23.3 Å². The Balaban J connectivity index is 2.15. The van der Waals surface area contributed by atoms with E-state index in [-0.39, 0.29) is 5.75 Å². The third-order valence-electron chi connectivity index (χ3n) is 3.35. The highest BCUT2D eigenvalue weighted by molar-refractivity contribution is 7.92. The third kappa shape index (κ3) is 5.06. The number of nitrogens with two attached hydrogens (primary N) is 1. The van der Waals surface area contributed by atoms with E-state index in [0.29, 0.717) is 29.3 Å². The molecule has 24 heavy (non-hydrogen) atoms. The summed E-state index contributed by atoms with van der Waals surface area (Å²) in [5.74, 6) is 1.89. The molecule has 0 aliphatic rings. The van der Waals surface area contributed by atoms with Crippen LogP contribution in [-0.4, -0.2) is 21.3 Å². The van der Waals surface area contributed by atoms with Gasteiger partial charge in [0.15, 0.2) is 0 Å². The van der Waals surface area contributed by atoms with Crippen LogP contribution in [0.1, 0.15) is 19.8 Å². The van der Waals surface area contributed by atoms with E-state index in [1.54, 1.807) is 49.6 Å². The number of benzene rings is 2. The van der Waals surface area contributed by atoms with Crippen molar-refractivity contribution < 1.29 is 17.9 Å². The molecule has 0 saturated carbocycles. The van der Waals surface area contributed by atoms with E-state index in [1.807, 2.05) is 6.92 Å². The molecule has 0 spiro atoms. The lowest BCUT2D eigenvalue weighted by Gasteiger charge is -2.12. The molecule has 0 fully saturated rings. The summed E-state index contributed by atoms with van der Waals surface area (Å²) < 4.78 is 37.4. The Bertz CT molecular complexity index is 774. The van der Waals surface area contributed by atoms with Gasteiger partial charge in [-0.3, -0.25) is 4.72 Å². The molecule has 2 aromatic rings. The van der Waals surface area contributed by atoms with Crippen LogP contribution in [0.5, 0.6) is 17.2 Å². The van der Waals surface area contributed by atoms with Crippen LogP contribution >= 0.6 is 0 Å². The first-order chi connectivity index (χ1) is 11.4. The van der Waals surface area contributed by atoms with E-state index < -0.39 is 10.0 Å². The highest BCUT2D eigenvalue weighted by Gasteiger charge is 2.12. The summed E-state index contributed by atoms with van der Waals surface area (Å²) in [4.78, 5) is 0. The van der Waals surface area contributed by atoms with Crippen LogP contribution in [0.2, 0.25) is 0 Å². The maximum atomic E-state index is 12.0. The molecule has 0 unspecified atom stereocenters. The van der Waals surface area contributed by atoms with Gasteiger partial charge in [-0.15, -0.1) is 0 Å². The number of hydrogen-bond donors (Lipinski definition) is 2. The first-order valence-corrected chi connectivity index (χ1v) is 9.30. The molecular weight excluding hydrogens is 328 g/mol. The maximum absolute atomic E-state index is 12.0. The van der Waals surface area contributed by atoms with E-state index >= 15 is 0 Å². The van der Waals surface area contributed by atoms with Gasteiger partial charge in [0, 0.05) is 6.07 Å². The first-order valence-electron chi connectivity index (χ1n) is 7.65. The molecule has 6 nitrogen and oxygen atoms in total. The normalized spacial score (nSPS) is 11.1. The Kier molecular flexibility index (Phi) is 5.92. The molecule has 0 radical (unpaired) electrons. The predicted octanol–water partition coefficient (Wildman–Crippen LogP) is 3.61. The minimum Gasteiger partial charge on any atom is -0.497 e. The Morgan fingerprint density at radius 1 is 1.04 bits per heavy atom. The third-order valence-corrected chi connectivity index (χ3v) is 4.71. The molecule has 7 heteroatoms. The number of hydrogen-bond acceptors (Lipinski definition) is 5. The van der Waals surface area contributed by atoms with Crippen LogP contribution in [0.25, 0.3) is 0 Å². The molecule has 3 N–H and O–H groups in total. The second-order valence-corrected chi connectivity index (χ2v) is 7.14. The second-order valence-electron chi connectivity index (χ2n) is 5.30. The number of unbranched alkanes of at least 4 members (excludes halogenated alkanes) is 1. The topological polar surface area (TPSA) is 90.7 Å². The van der Waals surface area contributed by atoms with Crippen molar-refractivity contribution in [3.05, 3.63) is 42.5 Å². The number of anilines is 2. The second kappa shape index (κ2) is 7.92. The van der Waals surface area contributed by atoms with Gasteiger partial charge < -0.3 is 15.2 Å². The van der Waals surface area contributed by atoms with Gasteiger partial charge in [-0.25, -0.2) is 8.42 Å². The molecule has 0 aliphatic carbocycles. The fourth-order valence-electron chi connectivity index (χ4n) is 2.02. The number of nitrogens with one attached hydrogen (secondary N) is 1. The molecule has 0 amide bonds. The quantitative estimate of drug-likeness (QED) is 0.710. The van der Waals surface area contributed by atoms with Crippen LogP contribution in [0.15, 0.2) is 42.5 Å². The van der Waals surface area contributed by atoms with Gasteiger partial charge in [-0.05, 0) is 42.8 Å². The smallest absolute Gasteiger partial charge is 0.232 e. The van der Waals surface area contributed by atoms with Gasteiger partial charge in [0.2, 0.25) is 10.0 Å². The zero-order valence-corrected chi connectivity index (χ0v) is 14.6. The van der Waals surface area contributed by atoms with Crippen molar-refractivity contribution in [1.82, 2.24) is 0 Å². The molecule has 2 rings (SSSR count). The number of methoxy groups -OCH3 is 1. The Morgan fingerprint density at radius 3 is 2.29 bits per heavy atom. The molecule has 2 aromatic carbocycles. The van der Waals surface area contributed by atoms with E-state index in [0.717, 1.165) is 12.2 Å². The largest absolute Gasteiger partial charge is 0.497 e. The van der Waals surface area contributed by atoms with E-state index in [9.17, 15) is 8.42 Å². The van der Waals surface area contributed by atoms with Crippen molar-refractivity contribution in [2.45, 2.75) is 19.8 Å². The molecular formula is C17H22N2O4S.